The lowest BCUT2D eigenvalue weighted by Crippen LogP contribution is -1.80. The van der Waals surface area contributed by atoms with Crippen LogP contribution in [0.4, 0.5) is 0 Å². The van der Waals surface area contributed by atoms with Crippen LogP contribution in [0.2, 0.25) is 0 Å². The van der Waals surface area contributed by atoms with Gasteiger partial charge in [0.1, 0.15) is 0 Å². The van der Waals surface area contributed by atoms with Gasteiger partial charge in [-0.1, -0.05) is 29.8 Å². The first-order valence-electron chi connectivity index (χ1n) is 6.84. The van der Waals surface area contributed by atoms with Gasteiger partial charge in [-0.05, 0) is 31.2 Å². The van der Waals surface area contributed by atoms with Crippen LogP contribution in [-0.2, 0) is 0 Å². The van der Waals surface area contributed by atoms with Crippen molar-refractivity contribution in [2.75, 3.05) is 0 Å². The summed E-state index contributed by atoms with van der Waals surface area (Å²) in [7, 11) is 0. The third-order valence-electron chi connectivity index (χ3n) is 4.23. The van der Waals surface area contributed by atoms with Crippen LogP contribution in [-0.4, -0.2) is 9.38 Å². The minimum atomic E-state index is 1.10. The van der Waals surface area contributed by atoms with Gasteiger partial charge in [0.2, 0.25) is 0 Å². The van der Waals surface area contributed by atoms with Crippen molar-refractivity contribution in [3.05, 3.63) is 60.3 Å². The number of fused-ring (bicyclic) bond motifs is 6. The van der Waals surface area contributed by atoms with Crippen LogP contribution in [0.25, 0.3) is 38.2 Å². The topological polar surface area (TPSA) is 17.3 Å². The van der Waals surface area contributed by atoms with E-state index < -0.39 is 0 Å². The number of benzene rings is 2. The van der Waals surface area contributed by atoms with Crippen LogP contribution < -0.4 is 0 Å². The van der Waals surface area contributed by atoms with Gasteiger partial charge >= 0.3 is 0 Å². The van der Waals surface area contributed by atoms with Crippen molar-refractivity contribution < 1.29 is 0 Å². The Labute approximate surface area is 115 Å². The Hall–Kier alpha value is -2.61. The molecule has 0 aliphatic heterocycles. The number of aryl methyl sites for hydroxylation is 1. The first-order chi connectivity index (χ1) is 9.84. The molecule has 2 nitrogen and oxygen atoms in total. The lowest BCUT2D eigenvalue weighted by molar-refractivity contribution is 1.35. The zero-order valence-corrected chi connectivity index (χ0v) is 11.1. The molecule has 0 atom stereocenters. The lowest BCUT2D eigenvalue weighted by atomic mass is 10.1. The Morgan fingerprint density at radius 2 is 1.70 bits per heavy atom. The minimum Gasteiger partial charge on any atom is -0.306 e. The summed E-state index contributed by atoms with van der Waals surface area (Å²) in [5, 5.41) is 3.85. The quantitative estimate of drug-likeness (QED) is 0.397. The van der Waals surface area contributed by atoms with E-state index in [1.54, 1.807) is 0 Å². The molecule has 0 amide bonds. The van der Waals surface area contributed by atoms with Crippen LogP contribution in [0.3, 0.4) is 0 Å². The monoisotopic (exact) mass is 256 g/mol. The van der Waals surface area contributed by atoms with Gasteiger partial charge in [-0.25, -0.2) is 0 Å². The average Bonchev–Trinajstić information content (AvgIpc) is 2.98. The van der Waals surface area contributed by atoms with Gasteiger partial charge in [-0.3, -0.25) is 4.98 Å². The molecule has 2 aromatic carbocycles. The van der Waals surface area contributed by atoms with Crippen molar-refractivity contribution in [3.8, 4) is 0 Å². The van der Waals surface area contributed by atoms with E-state index in [4.69, 9.17) is 0 Å². The zero-order chi connectivity index (χ0) is 13.3. The first-order valence-corrected chi connectivity index (χ1v) is 6.84. The molecule has 0 fully saturated rings. The number of pyridine rings is 1. The molecule has 5 aromatic rings. The summed E-state index contributed by atoms with van der Waals surface area (Å²) in [5.74, 6) is 0. The van der Waals surface area contributed by atoms with Gasteiger partial charge in [0.25, 0.3) is 0 Å². The summed E-state index contributed by atoms with van der Waals surface area (Å²) in [6.45, 7) is 2.14. The fourth-order valence-electron chi connectivity index (χ4n) is 3.39. The highest BCUT2D eigenvalue weighted by Gasteiger charge is 2.17. The molecule has 0 saturated heterocycles. The molecular weight excluding hydrogens is 244 g/mol. The van der Waals surface area contributed by atoms with Crippen LogP contribution >= 0.6 is 0 Å². The molecule has 5 rings (SSSR count). The maximum atomic E-state index is 4.62. The van der Waals surface area contributed by atoms with E-state index in [9.17, 15) is 0 Å². The van der Waals surface area contributed by atoms with Crippen LogP contribution in [0.5, 0.6) is 0 Å². The Balaban J connectivity index is 2.27. The molecule has 0 spiro atoms. The van der Waals surface area contributed by atoms with Crippen LogP contribution in [0, 0.1) is 6.92 Å². The normalized spacial score (nSPS) is 12.2. The van der Waals surface area contributed by atoms with Crippen molar-refractivity contribution >= 4 is 38.2 Å². The fourth-order valence-corrected chi connectivity index (χ4v) is 3.39. The summed E-state index contributed by atoms with van der Waals surface area (Å²) in [4.78, 5) is 4.62. The van der Waals surface area contributed by atoms with E-state index in [2.05, 4.69) is 64.8 Å². The van der Waals surface area contributed by atoms with Gasteiger partial charge in [-0.2, -0.15) is 0 Å². The Morgan fingerprint density at radius 3 is 2.65 bits per heavy atom. The van der Waals surface area contributed by atoms with Gasteiger partial charge in [0, 0.05) is 22.4 Å². The van der Waals surface area contributed by atoms with Crippen LogP contribution in [0.15, 0.2) is 54.7 Å². The Morgan fingerprint density at radius 1 is 0.850 bits per heavy atom. The molecule has 0 bridgehead atoms. The largest absolute Gasteiger partial charge is 0.306 e. The van der Waals surface area contributed by atoms with Gasteiger partial charge in [0.15, 0.2) is 0 Å². The lowest BCUT2D eigenvalue weighted by Gasteiger charge is -1.97. The fraction of sp³-hybridized carbons (Fsp3) is 0.0556. The van der Waals surface area contributed by atoms with Crippen molar-refractivity contribution in [2.24, 2.45) is 0 Å². The number of nitrogens with zero attached hydrogens (tertiary/aromatic N) is 2. The number of aromatic nitrogens is 2. The van der Waals surface area contributed by atoms with Crippen molar-refractivity contribution in [3.63, 3.8) is 0 Å². The maximum absolute atomic E-state index is 4.62. The van der Waals surface area contributed by atoms with Gasteiger partial charge in [-0.15, -0.1) is 0 Å². The summed E-state index contributed by atoms with van der Waals surface area (Å²) < 4.78 is 2.35. The number of hydrogen-bond donors (Lipinski definition) is 0. The number of para-hydroxylation sites is 1. The highest BCUT2D eigenvalue weighted by molar-refractivity contribution is 6.21. The second-order valence-electron chi connectivity index (χ2n) is 5.43. The van der Waals surface area contributed by atoms with Crippen molar-refractivity contribution in [1.82, 2.24) is 9.38 Å². The third kappa shape index (κ3) is 1.04. The predicted octanol–water partition coefficient (Wildman–Crippen LogP) is 4.54. The van der Waals surface area contributed by atoms with Gasteiger partial charge in [0.05, 0.1) is 22.1 Å². The summed E-state index contributed by atoms with van der Waals surface area (Å²) in [6.07, 6.45) is 1.92. The SMILES string of the molecule is Cc1ccc2c(c1)c1ccnc3c4ccccc4n2c13. The molecule has 3 heterocycles. The Bertz CT molecular complexity index is 1100. The Kier molecular flexibility index (Phi) is 1.68. The first kappa shape index (κ1) is 10.2. The van der Waals surface area contributed by atoms with E-state index in [1.165, 1.54) is 38.3 Å². The number of hydrogen-bond acceptors (Lipinski definition) is 1. The van der Waals surface area contributed by atoms with E-state index >= 15 is 0 Å². The molecule has 0 unspecified atom stereocenters. The molecule has 20 heavy (non-hydrogen) atoms. The average molecular weight is 256 g/mol. The standard InChI is InChI=1S/C18H12N2/c1-11-6-7-16-14(10-11)12-8-9-19-17-13-4-2-3-5-15(13)20(16)18(12)17/h2-10H,1H3. The molecule has 0 aliphatic rings. The second-order valence-corrected chi connectivity index (χ2v) is 5.43. The molecule has 0 radical (unpaired) electrons. The zero-order valence-electron chi connectivity index (χ0n) is 11.1. The smallest absolute Gasteiger partial charge is 0.0969 e. The summed E-state index contributed by atoms with van der Waals surface area (Å²) in [6, 6.07) is 17.3. The molecule has 0 N–H and O–H groups in total. The number of rotatable bonds is 0. The van der Waals surface area contributed by atoms with E-state index in [0.717, 1.165) is 5.52 Å². The summed E-state index contributed by atoms with van der Waals surface area (Å²) >= 11 is 0. The molecule has 0 saturated carbocycles. The van der Waals surface area contributed by atoms with Crippen molar-refractivity contribution in [2.45, 2.75) is 6.92 Å². The van der Waals surface area contributed by atoms with E-state index in [-0.39, 0.29) is 0 Å². The van der Waals surface area contributed by atoms with Gasteiger partial charge < -0.3 is 4.40 Å². The third-order valence-corrected chi connectivity index (χ3v) is 4.23. The highest BCUT2D eigenvalue weighted by Crippen LogP contribution is 2.37. The maximum Gasteiger partial charge on any atom is 0.0969 e. The van der Waals surface area contributed by atoms with E-state index in [0.29, 0.717) is 0 Å². The molecule has 94 valence electrons. The van der Waals surface area contributed by atoms with Crippen LogP contribution in [0.1, 0.15) is 5.56 Å². The minimum absolute atomic E-state index is 1.10. The predicted molar refractivity (Wildman–Crippen MR) is 83.6 cm³/mol. The van der Waals surface area contributed by atoms with Crippen molar-refractivity contribution in [1.29, 1.82) is 0 Å². The summed E-state index contributed by atoms with van der Waals surface area (Å²) in [5.41, 5.74) is 6.15. The van der Waals surface area contributed by atoms with E-state index in [1.807, 2.05) is 6.20 Å². The second kappa shape index (κ2) is 3.28. The highest BCUT2D eigenvalue weighted by atomic mass is 14.9. The molecule has 0 aliphatic carbocycles. The molecular formula is C18H12N2. The molecule has 3 aromatic heterocycles. The molecule has 2 heteroatoms.